The Morgan fingerprint density at radius 1 is 0.829 bits per heavy atom. The van der Waals surface area contributed by atoms with Gasteiger partial charge >= 0.3 is 0 Å². The lowest BCUT2D eigenvalue weighted by Crippen LogP contribution is -2.47. The number of carbonyl (C=O) groups is 1. The molecule has 212 valence electrons. The van der Waals surface area contributed by atoms with Crippen LogP contribution < -0.4 is 15.1 Å². The third-order valence-corrected chi connectivity index (χ3v) is 8.73. The van der Waals surface area contributed by atoms with Gasteiger partial charge in [-0.1, -0.05) is 88.5 Å². The minimum atomic E-state index is -0.140. The topological polar surface area (TPSA) is 61.4 Å². The van der Waals surface area contributed by atoms with Crippen LogP contribution in [0.2, 0.25) is 20.2 Å². The molecule has 1 fully saturated rings. The van der Waals surface area contributed by atoms with E-state index >= 15 is 0 Å². The van der Waals surface area contributed by atoms with Gasteiger partial charge in [0.05, 0.1) is 10.7 Å². The maximum atomic E-state index is 12.8. The molecule has 1 N–H and O–H groups in total. The van der Waals surface area contributed by atoms with Crippen LogP contribution in [0.15, 0.2) is 78.0 Å². The zero-order valence-corrected chi connectivity index (χ0v) is 25.8. The molecule has 0 spiro atoms. The van der Waals surface area contributed by atoms with Crippen molar-refractivity contribution in [3.8, 4) is 0 Å². The van der Waals surface area contributed by atoms with E-state index in [1.165, 1.54) is 11.8 Å². The lowest BCUT2D eigenvalue weighted by molar-refractivity contribution is 0.0954. The van der Waals surface area contributed by atoms with Crippen molar-refractivity contribution in [1.82, 2.24) is 15.3 Å². The highest BCUT2D eigenvalue weighted by Gasteiger charge is 2.21. The number of thioether (sulfide) groups is 1. The van der Waals surface area contributed by atoms with Gasteiger partial charge in [0.1, 0.15) is 11.0 Å². The Balaban J connectivity index is 1.15. The number of nitrogens with one attached hydrogen (secondary N) is 1. The van der Waals surface area contributed by atoms with E-state index in [2.05, 4.69) is 20.1 Å². The Kier molecular flexibility index (Phi) is 10.2. The summed E-state index contributed by atoms with van der Waals surface area (Å²) in [5.41, 5.74) is 3.56. The fraction of sp³-hybridized carbons (Fsp3) is 0.233. The summed E-state index contributed by atoms with van der Waals surface area (Å²) in [7, 11) is 0. The van der Waals surface area contributed by atoms with Crippen LogP contribution in [0.4, 0.5) is 11.5 Å². The van der Waals surface area contributed by atoms with E-state index in [0.29, 0.717) is 44.6 Å². The summed E-state index contributed by atoms with van der Waals surface area (Å²) in [5.74, 6) is 1.26. The Morgan fingerprint density at radius 3 is 2.39 bits per heavy atom. The Labute approximate surface area is 264 Å². The monoisotopic (exact) mass is 645 g/mol. The van der Waals surface area contributed by atoms with Gasteiger partial charge in [-0.15, -0.1) is 0 Å². The second-order valence-electron chi connectivity index (χ2n) is 9.49. The molecule has 1 aromatic heterocycles. The number of amides is 1. The minimum Gasteiger partial charge on any atom is -0.367 e. The summed E-state index contributed by atoms with van der Waals surface area (Å²) in [5, 5.41) is 5.90. The molecule has 1 aliphatic rings. The Hall–Kier alpha value is -2.68. The second-order valence-corrected chi connectivity index (χ2v) is 12.1. The molecule has 11 heteroatoms. The lowest BCUT2D eigenvalue weighted by Gasteiger charge is -2.37. The number of nitrogens with zero attached hydrogens (tertiary/aromatic N) is 4. The largest absolute Gasteiger partial charge is 0.367 e. The van der Waals surface area contributed by atoms with Crippen molar-refractivity contribution in [3.63, 3.8) is 0 Å². The van der Waals surface area contributed by atoms with Gasteiger partial charge in [-0.05, 0) is 53.9 Å². The first kappa shape index (κ1) is 29.8. The molecule has 0 bridgehead atoms. The third kappa shape index (κ3) is 7.99. The highest BCUT2D eigenvalue weighted by molar-refractivity contribution is 7.98. The molecule has 6 nitrogen and oxygen atoms in total. The van der Waals surface area contributed by atoms with Crippen LogP contribution in [0.1, 0.15) is 21.5 Å². The summed E-state index contributed by atoms with van der Waals surface area (Å²) < 4.78 is 0. The van der Waals surface area contributed by atoms with Gasteiger partial charge in [0.25, 0.3) is 5.91 Å². The molecule has 1 saturated heterocycles. The normalized spacial score (nSPS) is 13.4. The van der Waals surface area contributed by atoms with Crippen LogP contribution >= 0.6 is 58.2 Å². The molecule has 1 amide bonds. The van der Waals surface area contributed by atoms with Crippen LogP contribution in [-0.2, 0) is 12.2 Å². The molecule has 2 heterocycles. The number of hydrogen-bond donors (Lipinski definition) is 1. The van der Waals surface area contributed by atoms with Gasteiger partial charge in [0, 0.05) is 60.2 Å². The molecule has 3 aromatic carbocycles. The Morgan fingerprint density at radius 2 is 1.61 bits per heavy atom. The first-order chi connectivity index (χ1) is 19.9. The number of aromatic nitrogens is 2. The van der Waals surface area contributed by atoms with E-state index in [1.807, 2.05) is 48.5 Å². The van der Waals surface area contributed by atoms with Gasteiger partial charge in [-0.3, -0.25) is 4.79 Å². The van der Waals surface area contributed by atoms with Crippen molar-refractivity contribution < 1.29 is 4.79 Å². The number of piperazine rings is 1. The van der Waals surface area contributed by atoms with E-state index in [0.717, 1.165) is 53.8 Å². The molecule has 1 aliphatic heterocycles. The molecular formula is C30H27Cl4N5OS. The van der Waals surface area contributed by atoms with Crippen molar-refractivity contribution in [2.24, 2.45) is 0 Å². The van der Waals surface area contributed by atoms with Crippen molar-refractivity contribution in [2.45, 2.75) is 17.3 Å². The van der Waals surface area contributed by atoms with Crippen LogP contribution in [0, 0.1) is 0 Å². The molecule has 0 saturated carbocycles. The number of hydrogen-bond acceptors (Lipinski definition) is 6. The van der Waals surface area contributed by atoms with E-state index in [4.69, 9.17) is 51.4 Å². The zero-order chi connectivity index (χ0) is 28.8. The number of para-hydroxylation sites is 1. The first-order valence-electron chi connectivity index (χ1n) is 13.1. The third-order valence-electron chi connectivity index (χ3n) is 6.71. The van der Waals surface area contributed by atoms with Crippen LogP contribution in [0.25, 0.3) is 0 Å². The average Bonchev–Trinajstić information content (AvgIpc) is 2.97. The molecule has 41 heavy (non-hydrogen) atoms. The quantitative estimate of drug-likeness (QED) is 0.114. The Bertz CT molecular complexity index is 1530. The molecule has 0 radical (unpaired) electrons. The fourth-order valence-corrected chi connectivity index (χ4v) is 6.37. The maximum absolute atomic E-state index is 12.8. The molecule has 0 atom stereocenters. The van der Waals surface area contributed by atoms with Gasteiger partial charge in [0.2, 0.25) is 0 Å². The van der Waals surface area contributed by atoms with Gasteiger partial charge in [-0.2, -0.15) is 0 Å². The standard InChI is InChI=1S/C30H27Cl4N5OS/c31-23-9-8-21(25(33)17-23)10-11-35-29(40)22-5-3-4-20(16-22)19-41-30-36-27(34)18-28(37-30)39-14-12-38(13-15-39)26-7-2-1-6-24(26)32/h1-9,16-18H,10-15,19H2,(H,35,40). The summed E-state index contributed by atoms with van der Waals surface area (Å²) in [6.07, 6.45) is 0.612. The number of carbonyl (C=O) groups excluding carboxylic acids is 1. The smallest absolute Gasteiger partial charge is 0.251 e. The van der Waals surface area contributed by atoms with E-state index < -0.39 is 0 Å². The number of rotatable bonds is 9. The van der Waals surface area contributed by atoms with Crippen LogP contribution in [-0.4, -0.2) is 48.6 Å². The summed E-state index contributed by atoms with van der Waals surface area (Å²) in [6, 6.07) is 22.6. The molecule has 4 aromatic rings. The van der Waals surface area contributed by atoms with Gasteiger partial charge in [-0.25, -0.2) is 9.97 Å². The molecule has 0 aliphatic carbocycles. The van der Waals surface area contributed by atoms with Crippen LogP contribution in [0.3, 0.4) is 0 Å². The fourth-order valence-electron chi connectivity index (χ4n) is 4.58. The van der Waals surface area contributed by atoms with Crippen molar-refractivity contribution in [1.29, 1.82) is 0 Å². The predicted octanol–water partition coefficient (Wildman–Crippen LogP) is 7.68. The molecule has 0 unspecified atom stereocenters. The number of anilines is 2. The highest BCUT2D eigenvalue weighted by Crippen LogP contribution is 2.29. The zero-order valence-electron chi connectivity index (χ0n) is 22.0. The SMILES string of the molecule is O=C(NCCc1ccc(Cl)cc1Cl)c1cccc(CSc2nc(Cl)cc(N3CCN(c4ccccc4Cl)CC3)n2)c1. The second kappa shape index (κ2) is 14.0. The van der Waals surface area contributed by atoms with Crippen molar-refractivity contribution in [2.75, 3.05) is 42.5 Å². The van der Waals surface area contributed by atoms with E-state index in [-0.39, 0.29) is 5.91 Å². The van der Waals surface area contributed by atoms with Gasteiger partial charge < -0.3 is 15.1 Å². The molecular weight excluding hydrogens is 620 g/mol. The first-order valence-corrected chi connectivity index (χ1v) is 15.6. The lowest BCUT2D eigenvalue weighted by atomic mass is 10.1. The summed E-state index contributed by atoms with van der Waals surface area (Å²) >= 11 is 26.5. The number of benzene rings is 3. The average molecular weight is 647 g/mol. The van der Waals surface area contributed by atoms with Crippen molar-refractivity contribution in [3.05, 3.63) is 110 Å². The maximum Gasteiger partial charge on any atom is 0.251 e. The van der Waals surface area contributed by atoms with Gasteiger partial charge in [0.15, 0.2) is 5.16 Å². The predicted molar refractivity (Wildman–Crippen MR) is 171 cm³/mol. The highest BCUT2D eigenvalue weighted by atomic mass is 35.5. The minimum absolute atomic E-state index is 0.140. The van der Waals surface area contributed by atoms with Crippen LogP contribution in [0.5, 0.6) is 0 Å². The number of halogens is 4. The molecule has 5 rings (SSSR count). The van der Waals surface area contributed by atoms with E-state index in [9.17, 15) is 4.79 Å². The summed E-state index contributed by atoms with van der Waals surface area (Å²) in [4.78, 5) is 26.5. The van der Waals surface area contributed by atoms with E-state index in [1.54, 1.807) is 24.3 Å². The summed E-state index contributed by atoms with van der Waals surface area (Å²) in [6.45, 7) is 3.71. The van der Waals surface area contributed by atoms with Crippen molar-refractivity contribution >= 4 is 75.6 Å².